The molecular weight excluding hydrogens is 242 g/mol. The van der Waals surface area contributed by atoms with Crippen LogP contribution in [0.25, 0.3) is 0 Å². The fourth-order valence-corrected chi connectivity index (χ4v) is 2.11. The summed E-state index contributed by atoms with van der Waals surface area (Å²) in [6, 6.07) is 0. The van der Waals surface area contributed by atoms with Crippen molar-refractivity contribution in [3.63, 3.8) is 0 Å². The van der Waals surface area contributed by atoms with E-state index in [2.05, 4.69) is 22.2 Å². The van der Waals surface area contributed by atoms with Crippen molar-refractivity contribution in [1.29, 1.82) is 0 Å². The van der Waals surface area contributed by atoms with Crippen molar-refractivity contribution in [2.75, 3.05) is 31.7 Å². The average molecular weight is 265 g/mol. The Balaban J connectivity index is 1.91. The minimum atomic E-state index is 0.579. The van der Waals surface area contributed by atoms with Crippen LogP contribution < -0.4 is 10.1 Å². The zero-order valence-electron chi connectivity index (χ0n) is 11.8. The Morgan fingerprint density at radius 3 is 2.89 bits per heavy atom. The Morgan fingerprint density at radius 1 is 1.37 bits per heavy atom. The second kappa shape index (κ2) is 7.28. The van der Waals surface area contributed by atoms with Crippen molar-refractivity contribution in [1.82, 2.24) is 9.97 Å². The summed E-state index contributed by atoms with van der Waals surface area (Å²) in [5.41, 5.74) is 0.989. The Hall–Kier alpha value is -1.36. The number of aromatic nitrogens is 2. The van der Waals surface area contributed by atoms with Gasteiger partial charge in [-0.1, -0.05) is 6.92 Å². The highest BCUT2D eigenvalue weighted by molar-refractivity contribution is 5.47. The van der Waals surface area contributed by atoms with Crippen LogP contribution in [-0.2, 0) is 4.74 Å². The number of ether oxygens (including phenoxy) is 2. The number of hydrogen-bond donors (Lipinski definition) is 1. The van der Waals surface area contributed by atoms with Crippen LogP contribution in [0.15, 0.2) is 6.33 Å². The van der Waals surface area contributed by atoms with Gasteiger partial charge in [-0.05, 0) is 32.1 Å². The van der Waals surface area contributed by atoms with Crippen LogP contribution in [0.4, 0.5) is 5.82 Å². The van der Waals surface area contributed by atoms with Crippen LogP contribution in [0.3, 0.4) is 0 Å². The van der Waals surface area contributed by atoms with Crippen LogP contribution in [0.2, 0.25) is 0 Å². The maximum absolute atomic E-state index is 5.85. The molecule has 0 radical (unpaired) electrons. The molecule has 0 saturated carbocycles. The van der Waals surface area contributed by atoms with E-state index in [0.29, 0.717) is 18.4 Å². The molecule has 106 valence electrons. The molecule has 0 bridgehead atoms. The van der Waals surface area contributed by atoms with E-state index >= 15 is 0 Å². The van der Waals surface area contributed by atoms with Crippen LogP contribution in [0.1, 0.15) is 31.7 Å². The lowest BCUT2D eigenvalue weighted by molar-refractivity contribution is 0.0489. The molecule has 1 saturated heterocycles. The molecule has 2 rings (SSSR count). The normalized spacial score (nSPS) is 16.3. The van der Waals surface area contributed by atoms with E-state index in [9.17, 15) is 0 Å². The topological polar surface area (TPSA) is 56.3 Å². The van der Waals surface area contributed by atoms with E-state index in [4.69, 9.17) is 9.47 Å². The molecule has 2 heterocycles. The molecule has 0 unspecified atom stereocenters. The Morgan fingerprint density at radius 2 is 2.16 bits per heavy atom. The number of nitrogens with one attached hydrogen (secondary N) is 1. The van der Waals surface area contributed by atoms with Gasteiger partial charge in [-0.3, -0.25) is 0 Å². The lowest BCUT2D eigenvalue weighted by Crippen LogP contribution is -2.22. The lowest BCUT2D eigenvalue weighted by atomic mass is 10.0. The summed E-state index contributed by atoms with van der Waals surface area (Å²) < 4.78 is 11.2. The van der Waals surface area contributed by atoms with Crippen LogP contribution in [0.5, 0.6) is 5.88 Å². The van der Waals surface area contributed by atoms with Gasteiger partial charge in [0.1, 0.15) is 12.1 Å². The molecule has 0 spiro atoms. The van der Waals surface area contributed by atoms with E-state index in [1.807, 2.05) is 6.92 Å². The second-order valence-corrected chi connectivity index (χ2v) is 4.95. The Labute approximate surface area is 114 Å². The van der Waals surface area contributed by atoms with Crippen molar-refractivity contribution in [2.24, 2.45) is 5.92 Å². The molecule has 1 aromatic rings. The van der Waals surface area contributed by atoms with Crippen LogP contribution in [-0.4, -0.2) is 36.3 Å². The van der Waals surface area contributed by atoms with Crippen LogP contribution >= 0.6 is 0 Å². The van der Waals surface area contributed by atoms with Gasteiger partial charge in [0.2, 0.25) is 5.88 Å². The highest BCUT2D eigenvalue weighted by atomic mass is 16.5. The third kappa shape index (κ3) is 4.06. The van der Waals surface area contributed by atoms with Crippen molar-refractivity contribution in [3.05, 3.63) is 11.9 Å². The minimum Gasteiger partial charge on any atom is -0.477 e. The quantitative estimate of drug-likeness (QED) is 0.856. The molecule has 1 aliphatic rings. The molecule has 5 heteroatoms. The molecule has 5 nitrogen and oxygen atoms in total. The molecule has 0 atom stereocenters. The van der Waals surface area contributed by atoms with Gasteiger partial charge >= 0.3 is 0 Å². The summed E-state index contributed by atoms with van der Waals surface area (Å²) in [7, 11) is 0. The molecule has 0 amide bonds. The van der Waals surface area contributed by atoms with E-state index in [0.717, 1.165) is 50.4 Å². The molecule has 0 aromatic carbocycles. The highest BCUT2D eigenvalue weighted by Crippen LogP contribution is 2.22. The van der Waals surface area contributed by atoms with Gasteiger partial charge in [-0.25, -0.2) is 9.97 Å². The predicted octanol–water partition coefficient (Wildman–Crippen LogP) is 2.41. The van der Waals surface area contributed by atoms with Gasteiger partial charge in [0.25, 0.3) is 0 Å². The first-order valence-electron chi connectivity index (χ1n) is 7.07. The van der Waals surface area contributed by atoms with Gasteiger partial charge in [-0.15, -0.1) is 0 Å². The van der Waals surface area contributed by atoms with Gasteiger partial charge < -0.3 is 14.8 Å². The van der Waals surface area contributed by atoms with E-state index in [1.54, 1.807) is 6.33 Å². The monoisotopic (exact) mass is 265 g/mol. The first-order valence-corrected chi connectivity index (χ1v) is 7.07. The maximum atomic E-state index is 5.85. The third-order valence-electron chi connectivity index (χ3n) is 3.38. The van der Waals surface area contributed by atoms with Gasteiger partial charge in [-0.2, -0.15) is 0 Å². The summed E-state index contributed by atoms with van der Waals surface area (Å²) in [5, 5.41) is 3.29. The summed E-state index contributed by atoms with van der Waals surface area (Å²) in [5.74, 6) is 2.15. The molecule has 0 aliphatic carbocycles. The first-order chi connectivity index (χ1) is 9.31. The number of nitrogens with zero attached hydrogens (tertiary/aromatic N) is 2. The smallest absolute Gasteiger partial charge is 0.221 e. The zero-order chi connectivity index (χ0) is 13.5. The van der Waals surface area contributed by atoms with Gasteiger partial charge in [0.15, 0.2) is 0 Å². The lowest BCUT2D eigenvalue weighted by Gasteiger charge is -2.22. The fourth-order valence-electron chi connectivity index (χ4n) is 2.11. The molecule has 1 N–H and O–H groups in total. The zero-order valence-corrected chi connectivity index (χ0v) is 11.8. The minimum absolute atomic E-state index is 0.579. The Bertz CT molecular complexity index is 392. The number of hydrogen-bond acceptors (Lipinski definition) is 5. The third-order valence-corrected chi connectivity index (χ3v) is 3.38. The standard InChI is InChI=1S/C14H23N3O2/c1-3-6-15-13-11(2)14(17-10-16-13)19-9-12-4-7-18-8-5-12/h10,12H,3-9H2,1-2H3,(H,15,16,17). The molecule has 1 aliphatic heterocycles. The first kappa shape index (κ1) is 14.1. The second-order valence-electron chi connectivity index (χ2n) is 4.95. The van der Waals surface area contributed by atoms with Gasteiger partial charge in [0.05, 0.1) is 12.2 Å². The number of anilines is 1. The summed E-state index contributed by atoms with van der Waals surface area (Å²) in [4.78, 5) is 8.48. The summed E-state index contributed by atoms with van der Waals surface area (Å²) in [6.45, 7) is 7.45. The summed E-state index contributed by atoms with van der Waals surface area (Å²) >= 11 is 0. The highest BCUT2D eigenvalue weighted by Gasteiger charge is 2.16. The summed E-state index contributed by atoms with van der Waals surface area (Å²) in [6.07, 6.45) is 4.78. The average Bonchev–Trinajstić information content (AvgIpc) is 2.46. The SMILES string of the molecule is CCCNc1ncnc(OCC2CCOCC2)c1C. The largest absolute Gasteiger partial charge is 0.477 e. The van der Waals surface area contributed by atoms with Crippen molar-refractivity contribution in [2.45, 2.75) is 33.1 Å². The van der Waals surface area contributed by atoms with Gasteiger partial charge in [0, 0.05) is 19.8 Å². The van der Waals surface area contributed by atoms with E-state index in [1.165, 1.54) is 0 Å². The van der Waals surface area contributed by atoms with Crippen LogP contribution in [0, 0.1) is 12.8 Å². The van der Waals surface area contributed by atoms with Crippen molar-refractivity contribution in [3.8, 4) is 5.88 Å². The number of rotatable bonds is 6. The molecule has 19 heavy (non-hydrogen) atoms. The molecular formula is C14H23N3O2. The molecule has 1 aromatic heterocycles. The predicted molar refractivity (Wildman–Crippen MR) is 74.6 cm³/mol. The van der Waals surface area contributed by atoms with Crippen molar-refractivity contribution >= 4 is 5.82 Å². The van der Waals surface area contributed by atoms with E-state index in [-0.39, 0.29) is 0 Å². The fraction of sp³-hybridized carbons (Fsp3) is 0.714. The maximum Gasteiger partial charge on any atom is 0.221 e. The van der Waals surface area contributed by atoms with Crippen molar-refractivity contribution < 1.29 is 9.47 Å². The molecule has 1 fully saturated rings. The van der Waals surface area contributed by atoms with E-state index < -0.39 is 0 Å². The Kier molecular flexibility index (Phi) is 5.39.